The van der Waals surface area contributed by atoms with Crippen LogP contribution in [0.25, 0.3) is 16.9 Å². The van der Waals surface area contributed by atoms with Crippen molar-refractivity contribution in [2.24, 2.45) is 5.16 Å². The first-order chi connectivity index (χ1) is 16.5. The zero-order chi connectivity index (χ0) is 24.1. The Morgan fingerprint density at radius 1 is 1.03 bits per heavy atom. The second-order valence-corrected chi connectivity index (χ2v) is 7.79. The van der Waals surface area contributed by atoms with Gasteiger partial charge in [-0.15, -0.1) is 0 Å². The van der Waals surface area contributed by atoms with Crippen LogP contribution in [0.5, 0.6) is 5.75 Å². The molecular weight excluding hydrogens is 429 g/mol. The summed E-state index contributed by atoms with van der Waals surface area (Å²) in [7, 11) is 1.63. The number of benzene rings is 3. The van der Waals surface area contributed by atoms with Gasteiger partial charge in [-0.05, 0) is 80.1 Å². The van der Waals surface area contributed by atoms with E-state index in [1.807, 2.05) is 62.4 Å². The Labute approximate surface area is 198 Å². The van der Waals surface area contributed by atoms with E-state index in [1.54, 1.807) is 25.3 Å². The normalized spacial score (nSPS) is 11.2. The Morgan fingerprint density at radius 2 is 1.74 bits per heavy atom. The van der Waals surface area contributed by atoms with Crippen LogP contribution < -0.4 is 4.74 Å². The molecule has 0 unspecified atom stereocenters. The minimum atomic E-state index is -0.288. The van der Waals surface area contributed by atoms with Crippen LogP contribution in [0.3, 0.4) is 0 Å². The van der Waals surface area contributed by atoms with Crippen LogP contribution in [-0.4, -0.2) is 17.4 Å². The molecule has 4 aromatic rings. The van der Waals surface area contributed by atoms with E-state index in [-0.39, 0.29) is 12.4 Å². The SMILES string of the molecule is COc1ccc(-c2cc(/C(C)=N\OCc3ccccc3C#N)c(C)n2-c2ccc(F)cc2)cc1. The summed E-state index contributed by atoms with van der Waals surface area (Å²) in [4.78, 5) is 5.60. The van der Waals surface area contributed by atoms with Crippen molar-refractivity contribution < 1.29 is 14.0 Å². The molecule has 6 heteroatoms. The molecule has 0 aliphatic carbocycles. The second-order valence-electron chi connectivity index (χ2n) is 7.79. The lowest BCUT2D eigenvalue weighted by atomic mass is 10.1. The summed E-state index contributed by atoms with van der Waals surface area (Å²) in [5.74, 6) is 0.480. The Hall–Kier alpha value is -4.37. The summed E-state index contributed by atoms with van der Waals surface area (Å²) in [5, 5.41) is 13.6. The molecule has 0 spiro atoms. The van der Waals surface area contributed by atoms with Gasteiger partial charge >= 0.3 is 0 Å². The predicted molar refractivity (Wildman–Crippen MR) is 131 cm³/mol. The lowest BCUT2D eigenvalue weighted by Crippen LogP contribution is -2.03. The Morgan fingerprint density at radius 3 is 2.41 bits per heavy atom. The Balaban J connectivity index is 1.71. The maximum absolute atomic E-state index is 13.6. The van der Waals surface area contributed by atoms with Gasteiger partial charge in [0, 0.05) is 22.5 Å². The molecule has 1 aromatic heterocycles. The van der Waals surface area contributed by atoms with Gasteiger partial charge in [0.1, 0.15) is 18.2 Å². The fourth-order valence-corrected chi connectivity index (χ4v) is 3.87. The minimum Gasteiger partial charge on any atom is -0.497 e. The van der Waals surface area contributed by atoms with E-state index in [0.717, 1.165) is 39.5 Å². The van der Waals surface area contributed by atoms with E-state index in [4.69, 9.17) is 9.57 Å². The molecule has 4 rings (SSSR count). The number of rotatable bonds is 7. The number of nitrogens with zero attached hydrogens (tertiary/aromatic N) is 3. The van der Waals surface area contributed by atoms with Crippen LogP contribution in [-0.2, 0) is 11.4 Å². The number of nitriles is 1. The van der Waals surface area contributed by atoms with Crippen LogP contribution in [0.2, 0.25) is 0 Å². The number of hydrogen-bond acceptors (Lipinski definition) is 4. The van der Waals surface area contributed by atoms with Gasteiger partial charge in [0.2, 0.25) is 0 Å². The van der Waals surface area contributed by atoms with Gasteiger partial charge in [-0.2, -0.15) is 5.26 Å². The predicted octanol–water partition coefficient (Wildman–Crippen LogP) is 6.41. The number of ether oxygens (including phenoxy) is 1. The van der Waals surface area contributed by atoms with Gasteiger partial charge in [0.25, 0.3) is 0 Å². The molecule has 34 heavy (non-hydrogen) atoms. The smallest absolute Gasteiger partial charge is 0.143 e. The first-order valence-corrected chi connectivity index (χ1v) is 10.8. The van der Waals surface area contributed by atoms with Crippen molar-refractivity contribution in [2.75, 3.05) is 7.11 Å². The van der Waals surface area contributed by atoms with Gasteiger partial charge in [0.05, 0.1) is 30.1 Å². The van der Waals surface area contributed by atoms with Gasteiger partial charge < -0.3 is 14.1 Å². The summed E-state index contributed by atoms with van der Waals surface area (Å²) in [6, 6.07) is 25.7. The van der Waals surface area contributed by atoms with E-state index in [9.17, 15) is 9.65 Å². The maximum atomic E-state index is 13.6. The van der Waals surface area contributed by atoms with Crippen LogP contribution in [0.15, 0.2) is 84.0 Å². The number of methoxy groups -OCH3 is 1. The maximum Gasteiger partial charge on any atom is 0.143 e. The summed E-state index contributed by atoms with van der Waals surface area (Å²) >= 11 is 0. The van der Waals surface area contributed by atoms with Crippen molar-refractivity contribution in [1.29, 1.82) is 5.26 Å². The number of halogens is 1. The monoisotopic (exact) mass is 453 g/mol. The van der Waals surface area contributed by atoms with E-state index in [2.05, 4.69) is 15.8 Å². The van der Waals surface area contributed by atoms with Gasteiger partial charge in [-0.3, -0.25) is 0 Å². The third-order valence-corrected chi connectivity index (χ3v) is 5.67. The highest BCUT2D eigenvalue weighted by molar-refractivity contribution is 6.01. The Kier molecular flexibility index (Phi) is 6.74. The topological polar surface area (TPSA) is 59.5 Å². The highest BCUT2D eigenvalue weighted by Crippen LogP contribution is 2.31. The molecule has 0 amide bonds. The third kappa shape index (κ3) is 4.69. The number of oxime groups is 1. The summed E-state index contributed by atoms with van der Waals surface area (Å²) in [6.45, 7) is 4.07. The molecule has 170 valence electrons. The second kappa shape index (κ2) is 10.1. The van der Waals surface area contributed by atoms with Crippen molar-refractivity contribution in [3.05, 3.63) is 107 Å². The van der Waals surface area contributed by atoms with Crippen LogP contribution in [0, 0.1) is 24.1 Å². The van der Waals surface area contributed by atoms with Crippen LogP contribution in [0.1, 0.15) is 29.3 Å². The molecular formula is C28H24FN3O2. The quantitative estimate of drug-likeness (QED) is 0.240. The van der Waals surface area contributed by atoms with E-state index < -0.39 is 0 Å². The first-order valence-electron chi connectivity index (χ1n) is 10.8. The van der Waals surface area contributed by atoms with E-state index in [0.29, 0.717) is 11.3 Å². The van der Waals surface area contributed by atoms with Gasteiger partial charge in [-0.1, -0.05) is 23.4 Å². The van der Waals surface area contributed by atoms with E-state index in [1.165, 1.54) is 12.1 Å². The Bertz CT molecular complexity index is 1360. The number of hydrogen-bond donors (Lipinski definition) is 0. The van der Waals surface area contributed by atoms with Crippen molar-refractivity contribution in [2.45, 2.75) is 20.5 Å². The summed E-state index contributed by atoms with van der Waals surface area (Å²) in [6.07, 6.45) is 0. The zero-order valence-corrected chi connectivity index (χ0v) is 19.2. The highest BCUT2D eigenvalue weighted by atomic mass is 19.1. The molecule has 0 N–H and O–H groups in total. The highest BCUT2D eigenvalue weighted by Gasteiger charge is 2.17. The molecule has 0 radical (unpaired) electrons. The first kappa shape index (κ1) is 22.8. The zero-order valence-electron chi connectivity index (χ0n) is 19.2. The molecule has 5 nitrogen and oxygen atoms in total. The average Bonchev–Trinajstić information content (AvgIpc) is 3.22. The molecule has 0 aliphatic rings. The third-order valence-electron chi connectivity index (χ3n) is 5.67. The van der Waals surface area contributed by atoms with Crippen molar-refractivity contribution in [1.82, 2.24) is 4.57 Å². The molecule has 0 saturated carbocycles. The van der Waals surface area contributed by atoms with Gasteiger partial charge in [0.15, 0.2) is 0 Å². The molecule has 0 bridgehead atoms. The van der Waals surface area contributed by atoms with Crippen molar-refractivity contribution in [3.63, 3.8) is 0 Å². The molecule has 0 fully saturated rings. The standard InChI is InChI=1S/C28H24FN3O2/c1-19(31-34-18-23-7-5-4-6-22(23)17-30)27-16-28(21-8-14-26(33-3)15-9-21)32(20(27)2)25-12-10-24(29)11-13-25/h4-16H,18H2,1-3H3/b31-19-. The van der Waals surface area contributed by atoms with Crippen LogP contribution in [0.4, 0.5) is 4.39 Å². The minimum absolute atomic E-state index is 0.199. The van der Waals surface area contributed by atoms with Crippen molar-refractivity contribution >= 4 is 5.71 Å². The summed E-state index contributed by atoms with van der Waals surface area (Å²) in [5.41, 5.74) is 6.65. The van der Waals surface area contributed by atoms with Gasteiger partial charge in [-0.25, -0.2) is 4.39 Å². The molecule has 0 aliphatic heterocycles. The lowest BCUT2D eigenvalue weighted by Gasteiger charge is -2.13. The van der Waals surface area contributed by atoms with E-state index >= 15 is 0 Å². The van der Waals surface area contributed by atoms with Crippen LogP contribution >= 0.6 is 0 Å². The summed E-state index contributed by atoms with van der Waals surface area (Å²) < 4.78 is 21.0. The van der Waals surface area contributed by atoms with Crippen molar-refractivity contribution in [3.8, 4) is 28.8 Å². The molecule has 1 heterocycles. The molecule has 3 aromatic carbocycles. The number of aromatic nitrogens is 1. The fraction of sp³-hybridized carbons (Fsp3) is 0.143. The lowest BCUT2D eigenvalue weighted by molar-refractivity contribution is 0.130. The molecule has 0 atom stereocenters. The largest absolute Gasteiger partial charge is 0.497 e. The fourth-order valence-electron chi connectivity index (χ4n) is 3.87. The average molecular weight is 454 g/mol. The molecule has 0 saturated heterocycles.